The maximum Gasteiger partial charge on any atom is -0.00772 e. The molecule has 0 aromatic rings. The molecule has 0 aliphatic rings. The largest absolute Gasteiger partial charge is 0.330 e. The molecule has 0 heterocycles. The van der Waals surface area contributed by atoms with Crippen molar-refractivity contribution in [1.82, 2.24) is 0 Å². The highest BCUT2D eigenvalue weighted by Crippen LogP contribution is 2.25. The third-order valence-corrected chi connectivity index (χ3v) is 4.79. The molecule has 0 aromatic heterocycles. The van der Waals surface area contributed by atoms with Crippen molar-refractivity contribution in [1.29, 1.82) is 0 Å². The van der Waals surface area contributed by atoms with Crippen molar-refractivity contribution in [2.45, 2.75) is 91.4 Å². The quantitative estimate of drug-likeness (QED) is 0.277. The molecule has 2 N–H and O–H groups in total. The van der Waals surface area contributed by atoms with Crippen LogP contribution in [0.4, 0.5) is 0 Å². The third-order valence-electron chi connectivity index (χ3n) is 4.79. The summed E-state index contributed by atoms with van der Waals surface area (Å²) < 4.78 is 0. The first-order valence-corrected chi connectivity index (χ1v) is 9.44. The molecule has 2 unspecified atom stereocenters. The summed E-state index contributed by atoms with van der Waals surface area (Å²) in [6.45, 7) is 11.8. The Kier molecular flexibility index (Phi) is 14.4. The van der Waals surface area contributed by atoms with Crippen molar-refractivity contribution in [3.8, 4) is 0 Å². The smallest absolute Gasteiger partial charge is 0.00772 e. The molecule has 0 saturated carbocycles. The Morgan fingerprint density at radius 2 is 1.52 bits per heavy atom. The van der Waals surface area contributed by atoms with Crippen LogP contribution in [0.2, 0.25) is 0 Å². The van der Waals surface area contributed by atoms with E-state index in [1.54, 1.807) is 0 Å². The first-order chi connectivity index (χ1) is 10.1. The Hall–Kier alpha value is -0.300. The SMILES string of the molecule is C=CC[C@H](C)CCCCC(CCCN)CCC(C)CCC. The summed E-state index contributed by atoms with van der Waals surface area (Å²) in [5.41, 5.74) is 5.70. The summed E-state index contributed by atoms with van der Waals surface area (Å²) in [5, 5.41) is 0. The van der Waals surface area contributed by atoms with Gasteiger partial charge in [0.05, 0.1) is 0 Å². The summed E-state index contributed by atoms with van der Waals surface area (Å²) in [6, 6.07) is 0. The molecule has 0 aliphatic heterocycles. The van der Waals surface area contributed by atoms with Gasteiger partial charge in [-0.3, -0.25) is 0 Å². The highest BCUT2D eigenvalue weighted by molar-refractivity contribution is 4.71. The zero-order valence-corrected chi connectivity index (χ0v) is 15.1. The van der Waals surface area contributed by atoms with Crippen LogP contribution in [0.25, 0.3) is 0 Å². The molecule has 0 spiro atoms. The van der Waals surface area contributed by atoms with Crippen molar-refractivity contribution < 1.29 is 0 Å². The van der Waals surface area contributed by atoms with Crippen LogP contribution < -0.4 is 5.73 Å². The van der Waals surface area contributed by atoms with Crippen molar-refractivity contribution in [2.75, 3.05) is 6.54 Å². The Labute approximate surface area is 134 Å². The minimum absolute atomic E-state index is 0.814. The molecule has 1 heteroatoms. The van der Waals surface area contributed by atoms with Crippen molar-refractivity contribution >= 4 is 0 Å². The van der Waals surface area contributed by atoms with E-state index in [4.69, 9.17) is 5.73 Å². The average molecular weight is 296 g/mol. The highest BCUT2D eigenvalue weighted by Gasteiger charge is 2.11. The summed E-state index contributed by atoms with van der Waals surface area (Å²) in [7, 11) is 0. The lowest BCUT2D eigenvalue weighted by Gasteiger charge is -2.19. The zero-order valence-electron chi connectivity index (χ0n) is 15.1. The van der Waals surface area contributed by atoms with Gasteiger partial charge in [-0.1, -0.05) is 78.2 Å². The van der Waals surface area contributed by atoms with Crippen LogP contribution in [-0.2, 0) is 0 Å². The number of rotatable bonds is 15. The fourth-order valence-electron chi connectivity index (χ4n) is 3.33. The number of unbranched alkanes of at least 4 members (excludes halogenated alkanes) is 1. The Morgan fingerprint density at radius 1 is 0.857 bits per heavy atom. The van der Waals surface area contributed by atoms with Gasteiger partial charge < -0.3 is 5.73 Å². The van der Waals surface area contributed by atoms with E-state index in [1.165, 1.54) is 70.6 Å². The standard InChI is InChI=1S/C20H41N/c1-5-10-18(3)12-7-8-13-20(14-9-17-21)16-15-19(4)11-6-2/h5,18-20H,1,6-17,21H2,2-4H3/t18-,19?,20?/m0/s1. The summed E-state index contributed by atoms with van der Waals surface area (Å²) in [4.78, 5) is 0. The monoisotopic (exact) mass is 295 g/mol. The van der Waals surface area contributed by atoms with E-state index in [2.05, 4.69) is 33.4 Å². The highest BCUT2D eigenvalue weighted by atomic mass is 14.5. The number of hydrogen-bond donors (Lipinski definition) is 1. The van der Waals surface area contributed by atoms with E-state index in [-0.39, 0.29) is 0 Å². The summed E-state index contributed by atoms with van der Waals surface area (Å²) in [5.74, 6) is 2.64. The van der Waals surface area contributed by atoms with Crippen LogP contribution in [0.1, 0.15) is 91.4 Å². The summed E-state index contributed by atoms with van der Waals surface area (Å²) >= 11 is 0. The molecule has 0 fully saturated rings. The third kappa shape index (κ3) is 13.1. The lowest BCUT2D eigenvalue weighted by molar-refractivity contribution is 0.340. The fraction of sp³-hybridized carbons (Fsp3) is 0.900. The van der Waals surface area contributed by atoms with Gasteiger partial charge in [0.25, 0.3) is 0 Å². The summed E-state index contributed by atoms with van der Waals surface area (Å²) in [6.07, 6.45) is 16.9. The van der Waals surface area contributed by atoms with Gasteiger partial charge in [-0.25, -0.2) is 0 Å². The van der Waals surface area contributed by atoms with Crippen LogP contribution in [0.3, 0.4) is 0 Å². The predicted octanol–water partition coefficient (Wildman–Crippen LogP) is 6.33. The molecule has 0 bridgehead atoms. The fourth-order valence-corrected chi connectivity index (χ4v) is 3.33. The van der Waals surface area contributed by atoms with E-state index < -0.39 is 0 Å². The predicted molar refractivity (Wildman–Crippen MR) is 97.5 cm³/mol. The first-order valence-electron chi connectivity index (χ1n) is 9.44. The lowest BCUT2D eigenvalue weighted by Crippen LogP contribution is -2.08. The van der Waals surface area contributed by atoms with Crippen LogP contribution in [0.15, 0.2) is 12.7 Å². The van der Waals surface area contributed by atoms with Gasteiger partial charge in [-0.15, -0.1) is 6.58 Å². The Balaban J connectivity index is 3.86. The van der Waals surface area contributed by atoms with Gasteiger partial charge in [0.1, 0.15) is 0 Å². The van der Waals surface area contributed by atoms with Crippen molar-refractivity contribution in [3.05, 3.63) is 12.7 Å². The maximum atomic E-state index is 5.70. The van der Waals surface area contributed by atoms with Gasteiger partial charge in [-0.05, 0) is 43.6 Å². The van der Waals surface area contributed by atoms with E-state index in [9.17, 15) is 0 Å². The van der Waals surface area contributed by atoms with Crippen molar-refractivity contribution in [3.63, 3.8) is 0 Å². The molecule has 126 valence electrons. The van der Waals surface area contributed by atoms with Crippen LogP contribution in [-0.4, -0.2) is 6.54 Å². The first kappa shape index (κ1) is 20.7. The Bertz CT molecular complexity index is 224. The van der Waals surface area contributed by atoms with Gasteiger partial charge >= 0.3 is 0 Å². The topological polar surface area (TPSA) is 26.0 Å². The normalized spacial score (nSPS) is 15.6. The zero-order chi connectivity index (χ0) is 15.9. The second kappa shape index (κ2) is 14.6. The van der Waals surface area contributed by atoms with Gasteiger partial charge in [0.2, 0.25) is 0 Å². The van der Waals surface area contributed by atoms with Crippen LogP contribution in [0, 0.1) is 17.8 Å². The molecule has 0 aliphatic carbocycles. The van der Waals surface area contributed by atoms with E-state index in [0.717, 1.165) is 24.3 Å². The minimum Gasteiger partial charge on any atom is -0.330 e. The molecule has 3 atom stereocenters. The molecule has 1 nitrogen and oxygen atoms in total. The molecule has 0 radical (unpaired) electrons. The van der Waals surface area contributed by atoms with E-state index in [1.807, 2.05) is 0 Å². The van der Waals surface area contributed by atoms with Gasteiger partial charge in [0.15, 0.2) is 0 Å². The number of allylic oxidation sites excluding steroid dienone is 1. The van der Waals surface area contributed by atoms with Crippen molar-refractivity contribution in [2.24, 2.45) is 23.5 Å². The Morgan fingerprint density at radius 3 is 2.14 bits per heavy atom. The van der Waals surface area contributed by atoms with E-state index >= 15 is 0 Å². The minimum atomic E-state index is 0.814. The van der Waals surface area contributed by atoms with Gasteiger partial charge in [0, 0.05) is 0 Å². The molecule has 0 aromatic carbocycles. The maximum absolute atomic E-state index is 5.70. The molecule has 0 saturated heterocycles. The van der Waals surface area contributed by atoms with Crippen LogP contribution >= 0.6 is 0 Å². The second-order valence-corrected chi connectivity index (χ2v) is 7.18. The molecule has 0 amide bonds. The van der Waals surface area contributed by atoms with Gasteiger partial charge in [-0.2, -0.15) is 0 Å². The number of hydrogen-bond acceptors (Lipinski definition) is 1. The molecule has 0 rings (SSSR count). The molecular weight excluding hydrogens is 254 g/mol. The second-order valence-electron chi connectivity index (χ2n) is 7.18. The van der Waals surface area contributed by atoms with E-state index in [0.29, 0.717) is 0 Å². The lowest BCUT2D eigenvalue weighted by atomic mass is 9.87. The van der Waals surface area contributed by atoms with Crippen LogP contribution in [0.5, 0.6) is 0 Å². The average Bonchev–Trinajstić information content (AvgIpc) is 2.46. The molecule has 21 heavy (non-hydrogen) atoms. The molecular formula is C20H41N. The number of nitrogens with two attached hydrogens (primary N) is 1.